The van der Waals surface area contributed by atoms with Gasteiger partial charge in [0.05, 0.1) is 6.23 Å². The molecular formula is C9H24O2Si2. The van der Waals surface area contributed by atoms with Gasteiger partial charge < -0.3 is 8.85 Å². The van der Waals surface area contributed by atoms with Crippen LogP contribution in [0.1, 0.15) is 13.3 Å². The maximum absolute atomic E-state index is 6.12. The number of ether oxygens (including phenoxy) is 1. The summed E-state index contributed by atoms with van der Waals surface area (Å²) in [6.07, 6.45) is 1.93. The Morgan fingerprint density at radius 3 is 1.92 bits per heavy atom. The predicted molar refractivity (Wildman–Crippen MR) is 63.0 cm³/mol. The molecule has 0 aliphatic rings. The van der Waals surface area contributed by atoms with E-state index in [9.17, 15) is 0 Å². The van der Waals surface area contributed by atoms with E-state index in [1.165, 1.54) is 0 Å². The Hall–Kier alpha value is 0.354. The van der Waals surface area contributed by atoms with E-state index < -0.39 is 16.6 Å². The molecule has 0 saturated heterocycles. The Bertz CT molecular complexity index is 141. The fraction of sp³-hybridized carbons (Fsp3) is 1.00. The molecule has 0 spiro atoms. The van der Waals surface area contributed by atoms with E-state index in [0.29, 0.717) is 0 Å². The standard InChI is InChI=1S/C9H24O2Si2/c1-7-8-10-9-13(5,6)11-12(2,3)4/h7-9H2,1-6H3. The summed E-state index contributed by atoms with van der Waals surface area (Å²) < 4.78 is 11.7. The summed E-state index contributed by atoms with van der Waals surface area (Å²) >= 11 is 0. The highest BCUT2D eigenvalue weighted by molar-refractivity contribution is 6.84. The molecule has 0 amide bonds. The lowest BCUT2D eigenvalue weighted by Gasteiger charge is -2.31. The van der Waals surface area contributed by atoms with Crippen LogP contribution in [0.15, 0.2) is 0 Å². The molecule has 0 bridgehead atoms. The molecule has 0 unspecified atom stereocenters. The summed E-state index contributed by atoms with van der Waals surface area (Å²) in [4.78, 5) is 0. The number of hydrogen-bond donors (Lipinski definition) is 0. The van der Waals surface area contributed by atoms with E-state index in [1.54, 1.807) is 0 Å². The van der Waals surface area contributed by atoms with Crippen molar-refractivity contribution in [2.24, 2.45) is 0 Å². The lowest BCUT2D eigenvalue weighted by molar-refractivity contribution is 0.165. The van der Waals surface area contributed by atoms with Gasteiger partial charge in [0.15, 0.2) is 16.6 Å². The molecule has 0 aliphatic carbocycles. The summed E-state index contributed by atoms with van der Waals surface area (Å²) in [6, 6.07) is 0. The zero-order valence-corrected chi connectivity index (χ0v) is 11.9. The minimum absolute atomic E-state index is 0.838. The van der Waals surface area contributed by atoms with Crippen molar-refractivity contribution in [2.75, 3.05) is 12.8 Å². The lowest BCUT2D eigenvalue weighted by Crippen LogP contribution is -2.46. The fourth-order valence-electron chi connectivity index (χ4n) is 1.32. The second-order valence-electron chi connectivity index (χ2n) is 5.03. The second kappa shape index (κ2) is 5.29. The molecule has 4 heteroatoms. The average molecular weight is 220 g/mol. The second-order valence-corrected chi connectivity index (χ2v) is 13.9. The Morgan fingerprint density at radius 1 is 1.00 bits per heavy atom. The highest BCUT2D eigenvalue weighted by Gasteiger charge is 2.29. The van der Waals surface area contributed by atoms with Gasteiger partial charge in [-0.1, -0.05) is 6.92 Å². The van der Waals surface area contributed by atoms with Gasteiger partial charge in [0.2, 0.25) is 0 Å². The van der Waals surface area contributed by atoms with Crippen molar-refractivity contribution < 1.29 is 8.85 Å². The molecule has 0 fully saturated rings. The maximum atomic E-state index is 6.12. The Kier molecular flexibility index (Phi) is 5.43. The van der Waals surface area contributed by atoms with Gasteiger partial charge in [-0.15, -0.1) is 0 Å². The molecule has 0 rings (SSSR count). The Labute approximate surface area is 84.9 Å². The molecule has 80 valence electrons. The fourth-order valence-corrected chi connectivity index (χ4v) is 8.82. The molecule has 2 nitrogen and oxygen atoms in total. The van der Waals surface area contributed by atoms with Crippen molar-refractivity contribution >= 4 is 16.6 Å². The molecule has 0 aromatic heterocycles. The van der Waals surface area contributed by atoms with Crippen LogP contribution >= 0.6 is 0 Å². The summed E-state index contributed by atoms with van der Waals surface area (Å²) in [6.45, 7) is 14.2. The van der Waals surface area contributed by atoms with Gasteiger partial charge in [0.25, 0.3) is 0 Å². The van der Waals surface area contributed by atoms with E-state index in [4.69, 9.17) is 8.85 Å². The molecule has 0 saturated carbocycles. The van der Waals surface area contributed by atoms with Crippen molar-refractivity contribution in [3.63, 3.8) is 0 Å². The third-order valence-corrected chi connectivity index (χ3v) is 6.94. The van der Waals surface area contributed by atoms with Crippen LogP contribution < -0.4 is 0 Å². The third-order valence-electron chi connectivity index (χ3n) is 1.38. The molecule has 0 aliphatic heterocycles. The normalized spacial score (nSPS) is 13.4. The van der Waals surface area contributed by atoms with Crippen molar-refractivity contribution in [3.8, 4) is 0 Å². The van der Waals surface area contributed by atoms with Crippen LogP contribution in [-0.4, -0.2) is 29.5 Å². The molecule has 0 aromatic carbocycles. The minimum Gasteiger partial charge on any atom is -0.454 e. The molecule has 0 atom stereocenters. The van der Waals surface area contributed by atoms with Gasteiger partial charge in [0.1, 0.15) is 0 Å². The summed E-state index contributed by atoms with van der Waals surface area (Å²) in [5.74, 6) is 0. The van der Waals surface area contributed by atoms with Gasteiger partial charge in [0, 0.05) is 6.61 Å². The maximum Gasteiger partial charge on any atom is 0.199 e. The van der Waals surface area contributed by atoms with Gasteiger partial charge in [-0.05, 0) is 39.2 Å². The van der Waals surface area contributed by atoms with Gasteiger partial charge >= 0.3 is 0 Å². The molecule has 0 radical (unpaired) electrons. The van der Waals surface area contributed by atoms with E-state index in [2.05, 4.69) is 39.7 Å². The van der Waals surface area contributed by atoms with E-state index >= 15 is 0 Å². The topological polar surface area (TPSA) is 18.5 Å². The van der Waals surface area contributed by atoms with Crippen LogP contribution in [0.4, 0.5) is 0 Å². The molecule has 0 N–H and O–H groups in total. The first-order chi connectivity index (χ1) is 5.77. The van der Waals surface area contributed by atoms with Crippen LogP contribution in [-0.2, 0) is 8.85 Å². The van der Waals surface area contributed by atoms with Crippen molar-refractivity contribution in [2.45, 2.75) is 46.1 Å². The number of hydrogen-bond acceptors (Lipinski definition) is 2. The molecule has 0 aromatic rings. The Morgan fingerprint density at radius 2 is 1.54 bits per heavy atom. The van der Waals surface area contributed by atoms with Crippen LogP contribution in [0, 0.1) is 0 Å². The molecular weight excluding hydrogens is 196 g/mol. The van der Waals surface area contributed by atoms with Gasteiger partial charge in [-0.2, -0.15) is 0 Å². The Balaban J connectivity index is 3.80. The first-order valence-corrected chi connectivity index (χ1v) is 11.6. The van der Waals surface area contributed by atoms with Crippen LogP contribution in [0.2, 0.25) is 32.7 Å². The lowest BCUT2D eigenvalue weighted by atomic mass is 10.5. The van der Waals surface area contributed by atoms with E-state index in [1.807, 2.05) is 0 Å². The average Bonchev–Trinajstić information content (AvgIpc) is 1.81. The quantitative estimate of drug-likeness (QED) is 0.506. The first kappa shape index (κ1) is 13.4. The zero-order chi connectivity index (χ0) is 10.5. The van der Waals surface area contributed by atoms with Gasteiger partial charge in [-0.3, -0.25) is 0 Å². The van der Waals surface area contributed by atoms with Crippen LogP contribution in [0.5, 0.6) is 0 Å². The van der Waals surface area contributed by atoms with E-state index in [0.717, 1.165) is 19.3 Å². The van der Waals surface area contributed by atoms with Crippen molar-refractivity contribution in [1.82, 2.24) is 0 Å². The van der Waals surface area contributed by atoms with Crippen LogP contribution in [0.3, 0.4) is 0 Å². The van der Waals surface area contributed by atoms with Gasteiger partial charge in [-0.25, -0.2) is 0 Å². The zero-order valence-electron chi connectivity index (χ0n) is 9.94. The third kappa shape index (κ3) is 8.68. The summed E-state index contributed by atoms with van der Waals surface area (Å²) in [5, 5.41) is 0. The highest BCUT2D eigenvalue weighted by atomic mass is 28.4. The highest BCUT2D eigenvalue weighted by Crippen LogP contribution is 2.14. The largest absolute Gasteiger partial charge is 0.454 e. The number of rotatable bonds is 6. The molecule has 13 heavy (non-hydrogen) atoms. The monoisotopic (exact) mass is 220 g/mol. The van der Waals surface area contributed by atoms with Crippen LogP contribution in [0.25, 0.3) is 0 Å². The predicted octanol–water partition coefficient (Wildman–Crippen LogP) is 3.01. The summed E-state index contributed by atoms with van der Waals surface area (Å²) in [7, 11) is -2.91. The SMILES string of the molecule is CCCOC[Si](C)(C)O[Si](C)(C)C. The molecule has 0 heterocycles. The first-order valence-electron chi connectivity index (χ1n) is 5.05. The van der Waals surface area contributed by atoms with Crippen molar-refractivity contribution in [1.29, 1.82) is 0 Å². The summed E-state index contributed by atoms with van der Waals surface area (Å²) in [5.41, 5.74) is 0. The van der Waals surface area contributed by atoms with E-state index in [-0.39, 0.29) is 0 Å². The van der Waals surface area contributed by atoms with Crippen molar-refractivity contribution in [3.05, 3.63) is 0 Å². The smallest absolute Gasteiger partial charge is 0.199 e. The minimum atomic E-state index is -1.54.